The second kappa shape index (κ2) is 6.40. The summed E-state index contributed by atoms with van der Waals surface area (Å²) in [5.41, 5.74) is 0.314. The smallest absolute Gasteiger partial charge is 0.271 e. The number of pyridine rings is 1. The van der Waals surface area contributed by atoms with Crippen LogP contribution >= 0.6 is 0 Å². The van der Waals surface area contributed by atoms with E-state index in [1.165, 1.54) is 30.5 Å². The lowest BCUT2D eigenvalue weighted by molar-refractivity contribution is -0.384. The Morgan fingerprint density at radius 1 is 1.30 bits per heavy atom. The molecule has 9 nitrogen and oxygen atoms in total. The number of benzene rings is 1. The molecule has 0 atom stereocenters. The summed E-state index contributed by atoms with van der Waals surface area (Å²) in [5.74, 6) is -0.741. The van der Waals surface area contributed by atoms with Crippen LogP contribution in [0.25, 0.3) is 0 Å². The molecule has 0 saturated heterocycles. The number of hydrogen-bond acceptors (Lipinski definition) is 7. The van der Waals surface area contributed by atoms with Crippen molar-refractivity contribution in [2.45, 2.75) is 11.8 Å². The predicted molar refractivity (Wildman–Crippen MR) is 81.6 cm³/mol. The number of carbonyl (C=O) groups is 1. The molecule has 1 amide bonds. The van der Waals surface area contributed by atoms with E-state index in [2.05, 4.69) is 10.3 Å². The zero-order valence-electron chi connectivity index (χ0n) is 11.9. The highest BCUT2D eigenvalue weighted by molar-refractivity contribution is 7.90. The highest BCUT2D eigenvalue weighted by atomic mass is 32.2. The summed E-state index contributed by atoms with van der Waals surface area (Å²) in [6.45, 7) is 1.07. The fraction of sp³-hybridized carbons (Fsp3) is 0.0769. The van der Waals surface area contributed by atoms with Crippen LogP contribution in [0.5, 0.6) is 0 Å². The molecule has 0 saturated carbocycles. The summed E-state index contributed by atoms with van der Waals surface area (Å²) < 4.78 is 26.1. The maximum absolute atomic E-state index is 12.1. The molecule has 2 N–H and O–H groups in total. The summed E-state index contributed by atoms with van der Waals surface area (Å²) in [6.07, 6.45) is 2.43. The molecule has 1 aromatic carbocycles. The minimum absolute atomic E-state index is 0.134. The molecule has 0 fully saturated rings. The van der Waals surface area contributed by atoms with E-state index >= 15 is 0 Å². The number of rotatable bonds is 5. The van der Waals surface area contributed by atoms with Gasteiger partial charge in [-0.2, -0.15) is 0 Å². The topological polar surface area (TPSA) is 131 Å². The molecule has 0 unspecified atom stereocenters. The zero-order chi connectivity index (χ0) is 17.0. The quantitative estimate of drug-likeness (QED) is 0.625. The van der Waals surface area contributed by atoms with E-state index in [1.807, 2.05) is 4.72 Å². The monoisotopic (exact) mass is 336 g/mol. The van der Waals surface area contributed by atoms with Crippen molar-refractivity contribution in [1.82, 2.24) is 9.71 Å². The summed E-state index contributed by atoms with van der Waals surface area (Å²) in [7, 11) is -4.10. The molecule has 120 valence electrons. The molecule has 1 heterocycles. The van der Waals surface area contributed by atoms with Crippen molar-refractivity contribution in [2.75, 3.05) is 5.32 Å². The molecule has 0 spiro atoms. The summed E-state index contributed by atoms with van der Waals surface area (Å²) in [6, 6.07) is 6.96. The van der Waals surface area contributed by atoms with Gasteiger partial charge in [0, 0.05) is 37.1 Å². The number of nitro benzene ring substituents is 1. The molecule has 23 heavy (non-hydrogen) atoms. The lowest BCUT2D eigenvalue weighted by atomic mass is 10.2. The van der Waals surface area contributed by atoms with Gasteiger partial charge in [-0.3, -0.25) is 19.9 Å². The van der Waals surface area contributed by atoms with E-state index in [1.54, 1.807) is 6.07 Å². The Balaban J connectivity index is 2.40. The van der Waals surface area contributed by atoms with Crippen molar-refractivity contribution < 1.29 is 18.1 Å². The standard InChI is InChI=1S/C13H12N4O5S/c1-9(18)16-23(21,22)13-8-14-6-5-12(13)15-10-3-2-4-11(7-10)17(19)20/h2-8H,1H3,(H,14,15)(H,16,18). The number of non-ortho nitro benzene ring substituents is 1. The molecule has 0 aliphatic carbocycles. The van der Waals surface area contributed by atoms with E-state index in [4.69, 9.17) is 0 Å². The minimum Gasteiger partial charge on any atom is -0.354 e. The van der Waals surface area contributed by atoms with Crippen molar-refractivity contribution in [3.63, 3.8) is 0 Å². The molecule has 2 aromatic rings. The van der Waals surface area contributed by atoms with Crippen LogP contribution in [0, 0.1) is 10.1 Å². The summed E-state index contributed by atoms with van der Waals surface area (Å²) in [4.78, 5) is 24.7. The third-order valence-electron chi connectivity index (χ3n) is 2.69. The molecule has 1 aromatic heterocycles. The van der Waals surface area contributed by atoms with Crippen LogP contribution < -0.4 is 10.0 Å². The first-order valence-corrected chi connectivity index (χ1v) is 7.77. The van der Waals surface area contributed by atoms with Crippen LogP contribution in [0.4, 0.5) is 17.1 Å². The van der Waals surface area contributed by atoms with Crippen LogP contribution in [-0.2, 0) is 14.8 Å². The van der Waals surface area contributed by atoms with Crippen molar-refractivity contribution in [3.8, 4) is 0 Å². The lowest BCUT2D eigenvalue weighted by Gasteiger charge is -2.12. The fourth-order valence-electron chi connectivity index (χ4n) is 1.79. The first-order valence-electron chi connectivity index (χ1n) is 6.28. The van der Waals surface area contributed by atoms with E-state index in [-0.39, 0.29) is 16.3 Å². The summed E-state index contributed by atoms with van der Waals surface area (Å²) in [5, 5.41) is 13.5. The largest absolute Gasteiger partial charge is 0.354 e. The van der Waals surface area contributed by atoms with Gasteiger partial charge in [-0.25, -0.2) is 13.1 Å². The lowest BCUT2D eigenvalue weighted by Crippen LogP contribution is -2.28. The third kappa shape index (κ3) is 4.01. The average Bonchev–Trinajstić information content (AvgIpc) is 2.46. The predicted octanol–water partition coefficient (Wildman–Crippen LogP) is 1.56. The minimum atomic E-state index is -4.10. The number of nitrogens with one attached hydrogen (secondary N) is 2. The number of anilines is 2. The van der Waals surface area contributed by atoms with Crippen LogP contribution in [-0.4, -0.2) is 24.2 Å². The number of aromatic nitrogens is 1. The fourth-order valence-corrected chi connectivity index (χ4v) is 2.89. The molecule has 10 heteroatoms. The zero-order valence-corrected chi connectivity index (χ0v) is 12.7. The van der Waals surface area contributed by atoms with Gasteiger partial charge < -0.3 is 5.32 Å². The van der Waals surface area contributed by atoms with Crippen LogP contribution in [0.15, 0.2) is 47.6 Å². The number of nitro groups is 1. The highest BCUT2D eigenvalue weighted by Gasteiger charge is 2.20. The van der Waals surface area contributed by atoms with Gasteiger partial charge in [0.05, 0.1) is 10.6 Å². The molecule has 0 radical (unpaired) electrons. The first-order chi connectivity index (χ1) is 10.8. The van der Waals surface area contributed by atoms with Crippen LogP contribution in [0.1, 0.15) is 6.92 Å². The number of carbonyl (C=O) groups excluding carboxylic acids is 1. The normalized spacial score (nSPS) is 10.8. The van der Waals surface area contributed by atoms with E-state index in [0.717, 1.165) is 13.1 Å². The number of hydrogen-bond donors (Lipinski definition) is 2. The Labute approximate surface area is 131 Å². The molecule has 0 bridgehead atoms. The third-order valence-corrected chi connectivity index (χ3v) is 4.15. The maximum Gasteiger partial charge on any atom is 0.271 e. The van der Waals surface area contributed by atoms with Crippen molar-refractivity contribution in [3.05, 3.63) is 52.8 Å². The van der Waals surface area contributed by atoms with Gasteiger partial charge in [0.25, 0.3) is 15.7 Å². The number of amides is 1. The molecular weight excluding hydrogens is 324 g/mol. The number of sulfonamides is 1. The van der Waals surface area contributed by atoms with Crippen LogP contribution in [0.2, 0.25) is 0 Å². The van der Waals surface area contributed by atoms with Gasteiger partial charge in [0.15, 0.2) is 0 Å². The van der Waals surface area contributed by atoms with Gasteiger partial charge in [0.2, 0.25) is 5.91 Å². The van der Waals surface area contributed by atoms with Crippen molar-refractivity contribution >= 4 is 33.0 Å². The van der Waals surface area contributed by atoms with Gasteiger partial charge in [-0.15, -0.1) is 0 Å². The van der Waals surface area contributed by atoms with Crippen LogP contribution in [0.3, 0.4) is 0 Å². The Bertz CT molecular complexity index is 866. The van der Waals surface area contributed by atoms with Crippen molar-refractivity contribution in [1.29, 1.82) is 0 Å². The molecule has 0 aliphatic heterocycles. The second-order valence-corrected chi connectivity index (χ2v) is 6.12. The van der Waals surface area contributed by atoms with Gasteiger partial charge >= 0.3 is 0 Å². The average molecular weight is 336 g/mol. The molecular formula is C13H12N4O5S. The SMILES string of the molecule is CC(=O)NS(=O)(=O)c1cnccc1Nc1cccc([N+](=O)[O-])c1. The first kappa shape index (κ1) is 16.4. The summed E-state index contributed by atoms with van der Waals surface area (Å²) >= 11 is 0. The van der Waals surface area contributed by atoms with E-state index in [0.29, 0.717) is 5.69 Å². The van der Waals surface area contributed by atoms with Gasteiger partial charge in [-0.05, 0) is 12.1 Å². The maximum atomic E-state index is 12.1. The van der Waals surface area contributed by atoms with E-state index in [9.17, 15) is 23.3 Å². The Morgan fingerprint density at radius 2 is 2.04 bits per heavy atom. The number of nitrogens with zero attached hydrogens (tertiary/aromatic N) is 2. The Kier molecular flexibility index (Phi) is 4.55. The molecule has 0 aliphatic rings. The second-order valence-electron chi connectivity index (χ2n) is 4.47. The highest BCUT2D eigenvalue weighted by Crippen LogP contribution is 2.25. The van der Waals surface area contributed by atoms with Gasteiger partial charge in [0.1, 0.15) is 4.90 Å². The van der Waals surface area contributed by atoms with E-state index < -0.39 is 20.9 Å². The Morgan fingerprint density at radius 3 is 2.70 bits per heavy atom. The van der Waals surface area contributed by atoms with Crippen molar-refractivity contribution in [2.24, 2.45) is 0 Å². The molecule has 2 rings (SSSR count). The van der Waals surface area contributed by atoms with Gasteiger partial charge in [-0.1, -0.05) is 6.07 Å². The Hall–Kier alpha value is -3.01.